The molecular formula is C10H17N3S. The monoisotopic (exact) mass is 211 g/mol. The summed E-state index contributed by atoms with van der Waals surface area (Å²) in [6.07, 6.45) is 3.36. The lowest BCUT2D eigenvalue weighted by Gasteiger charge is -2.08. The van der Waals surface area contributed by atoms with Gasteiger partial charge in [0, 0.05) is 19.8 Å². The molecule has 2 rings (SSSR count). The average Bonchev–Trinajstić information content (AvgIpc) is 2.77. The first kappa shape index (κ1) is 10.1. The van der Waals surface area contributed by atoms with Gasteiger partial charge >= 0.3 is 0 Å². The highest BCUT2D eigenvalue weighted by atomic mass is 32.2. The van der Waals surface area contributed by atoms with Crippen molar-refractivity contribution in [1.29, 1.82) is 0 Å². The molecule has 0 spiro atoms. The molecular weight excluding hydrogens is 194 g/mol. The van der Waals surface area contributed by atoms with Crippen LogP contribution in [0.2, 0.25) is 0 Å². The minimum absolute atomic E-state index is 0.878. The van der Waals surface area contributed by atoms with Gasteiger partial charge in [-0.25, -0.2) is 0 Å². The van der Waals surface area contributed by atoms with Gasteiger partial charge in [-0.1, -0.05) is 0 Å². The summed E-state index contributed by atoms with van der Waals surface area (Å²) < 4.78 is 1.85. The third-order valence-electron chi connectivity index (χ3n) is 2.53. The molecule has 3 nitrogen and oxygen atoms in total. The molecule has 1 aromatic heterocycles. The summed E-state index contributed by atoms with van der Waals surface area (Å²) in [6.45, 7) is 2.05. The van der Waals surface area contributed by atoms with Crippen LogP contribution in [0.25, 0.3) is 0 Å². The van der Waals surface area contributed by atoms with Crippen LogP contribution >= 0.6 is 11.8 Å². The lowest BCUT2D eigenvalue weighted by atomic mass is 10.1. The molecule has 4 heteroatoms. The second-order valence-electron chi connectivity index (χ2n) is 3.84. The highest BCUT2D eigenvalue weighted by Gasteiger charge is 2.14. The van der Waals surface area contributed by atoms with E-state index in [1.165, 1.54) is 17.9 Å². The van der Waals surface area contributed by atoms with E-state index >= 15 is 0 Å². The van der Waals surface area contributed by atoms with E-state index in [1.807, 2.05) is 17.9 Å². The van der Waals surface area contributed by atoms with Crippen LogP contribution in [0.5, 0.6) is 0 Å². The van der Waals surface area contributed by atoms with Crippen molar-refractivity contribution >= 4 is 11.8 Å². The number of hydrogen-bond acceptors (Lipinski definition) is 3. The molecule has 1 N–H and O–H groups in total. The van der Waals surface area contributed by atoms with Crippen molar-refractivity contribution in [3.8, 4) is 0 Å². The van der Waals surface area contributed by atoms with E-state index < -0.39 is 0 Å². The zero-order valence-electron chi connectivity index (χ0n) is 8.57. The van der Waals surface area contributed by atoms with Gasteiger partial charge in [0.2, 0.25) is 0 Å². The summed E-state index contributed by atoms with van der Waals surface area (Å²) in [6, 6.07) is 2.07. The standard InChI is InChI=1S/C10H17N3S/c1-13-4-2-10(12-13)7-11-6-9-3-5-14-8-9/h2,4,9,11H,3,5-8H2,1H3. The maximum atomic E-state index is 4.32. The van der Waals surface area contributed by atoms with Crippen molar-refractivity contribution in [1.82, 2.24) is 15.1 Å². The summed E-state index contributed by atoms with van der Waals surface area (Å²) >= 11 is 2.07. The molecule has 0 aromatic carbocycles. The Morgan fingerprint density at radius 2 is 2.64 bits per heavy atom. The number of hydrogen-bond donors (Lipinski definition) is 1. The molecule has 0 radical (unpaired) electrons. The van der Waals surface area contributed by atoms with Gasteiger partial charge in [0.05, 0.1) is 5.69 Å². The fourth-order valence-electron chi connectivity index (χ4n) is 1.71. The largest absolute Gasteiger partial charge is 0.311 e. The second-order valence-corrected chi connectivity index (χ2v) is 4.99. The first-order valence-corrected chi connectivity index (χ1v) is 6.27. The van der Waals surface area contributed by atoms with Gasteiger partial charge in [-0.3, -0.25) is 4.68 Å². The van der Waals surface area contributed by atoms with Crippen LogP contribution in [-0.2, 0) is 13.6 Å². The smallest absolute Gasteiger partial charge is 0.0762 e. The average molecular weight is 211 g/mol. The molecule has 1 aliphatic heterocycles. The molecule has 0 aliphatic carbocycles. The highest BCUT2D eigenvalue weighted by molar-refractivity contribution is 7.99. The van der Waals surface area contributed by atoms with Crippen LogP contribution in [0, 0.1) is 5.92 Å². The minimum Gasteiger partial charge on any atom is -0.311 e. The predicted octanol–water partition coefficient (Wildman–Crippen LogP) is 1.26. The SMILES string of the molecule is Cn1ccc(CNCC2CCSC2)n1. The Morgan fingerprint density at radius 1 is 1.71 bits per heavy atom. The topological polar surface area (TPSA) is 29.9 Å². The first-order chi connectivity index (χ1) is 6.84. The van der Waals surface area contributed by atoms with Gasteiger partial charge in [-0.05, 0) is 36.5 Å². The van der Waals surface area contributed by atoms with Crippen molar-refractivity contribution in [2.24, 2.45) is 13.0 Å². The zero-order chi connectivity index (χ0) is 9.80. The molecule has 2 heterocycles. The Labute approximate surface area is 89.3 Å². The maximum absolute atomic E-state index is 4.32. The predicted molar refractivity (Wildman–Crippen MR) is 60.3 cm³/mol. The fourth-order valence-corrected chi connectivity index (χ4v) is 2.99. The van der Waals surface area contributed by atoms with Crippen LogP contribution in [0.1, 0.15) is 12.1 Å². The van der Waals surface area contributed by atoms with Gasteiger partial charge < -0.3 is 5.32 Å². The van der Waals surface area contributed by atoms with E-state index in [-0.39, 0.29) is 0 Å². The molecule has 0 amide bonds. The van der Waals surface area contributed by atoms with Gasteiger partial charge in [0.25, 0.3) is 0 Å². The Balaban J connectivity index is 1.67. The van der Waals surface area contributed by atoms with Crippen molar-refractivity contribution in [2.75, 3.05) is 18.1 Å². The number of aryl methyl sites for hydroxylation is 1. The minimum atomic E-state index is 0.878. The van der Waals surface area contributed by atoms with E-state index in [0.29, 0.717) is 0 Å². The molecule has 0 saturated carbocycles. The second kappa shape index (κ2) is 4.84. The van der Waals surface area contributed by atoms with Crippen LogP contribution in [0.4, 0.5) is 0 Å². The molecule has 78 valence electrons. The summed E-state index contributed by atoms with van der Waals surface area (Å²) in [4.78, 5) is 0. The molecule has 14 heavy (non-hydrogen) atoms. The summed E-state index contributed by atoms with van der Waals surface area (Å²) in [5.41, 5.74) is 1.14. The number of thioether (sulfide) groups is 1. The van der Waals surface area contributed by atoms with Crippen molar-refractivity contribution in [3.63, 3.8) is 0 Å². The molecule has 1 aromatic rings. The molecule has 1 aliphatic rings. The zero-order valence-corrected chi connectivity index (χ0v) is 9.39. The Bertz CT molecular complexity index is 279. The number of nitrogens with zero attached hydrogens (tertiary/aromatic N) is 2. The van der Waals surface area contributed by atoms with Crippen molar-refractivity contribution in [2.45, 2.75) is 13.0 Å². The number of nitrogens with one attached hydrogen (secondary N) is 1. The van der Waals surface area contributed by atoms with Crippen LogP contribution in [0.3, 0.4) is 0 Å². The third kappa shape index (κ3) is 2.75. The van der Waals surface area contributed by atoms with Crippen molar-refractivity contribution < 1.29 is 0 Å². The molecule has 1 atom stereocenters. The van der Waals surface area contributed by atoms with E-state index in [2.05, 4.69) is 28.2 Å². The van der Waals surface area contributed by atoms with Gasteiger partial charge in [-0.15, -0.1) is 0 Å². The van der Waals surface area contributed by atoms with E-state index in [4.69, 9.17) is 0 Å². The van der Waals surface area contributed by atoms with E-state index in [1.54, 1.807) is 0 Å². The Hall–Kier alpha value is -0.480. The highest BCUT2D eigenvalue weighted by Crippen LogP contribution is 2.22. The van der Waals surface area contributed by atoms with E-state index in [0.717, 1.165) is 24.7 Å². The normalized spacial score (nSPS) is 21.6. The number of rotatable bonds is 4. The maximum Gasteiger partial charge on any atom is 0.0762 e. The lowest BCUT2D eigenvalue weighted by molar-refractivity contribution is 0.518. The summed E-state index contributed by atoms with van der Waals surface area (Å²) in [7, 11) is 1.96. The van der Waals surface area contributed by atoms with Gasteiger partial charge in [0.15, 0.2) is 0 Å². The van der Waals surface area contributed by atoms with Crippen molar-refractivity contribution in [3.05, 3.63) is 18.0 Å². The lowest BCUT2D eigenvalue weighted by Crippen LogP contribution is -2.22. The van der Waals surface area contributed by atoms with Crippen LogP contribution in [-0.4, -0.2) is 27.8 Å². The Kier molecular flexibility index (Phi) is 3.48. The van der Waals surface area contributed by atoms with Gasteiger partial charge in [-0.2, -0.15) is 16.9 Å². The first-order valence-electron chi connectivity index (χ1n) is 5.11. The Morgan fingerprint density at radius 3 is 3.29 bits per heavy atom. The third-order valence-corrected chi connectivity index (χ3v) is 3.76. The van der Waals surface area contributed by atoms with Gasteiger partial charge in [0.1, 0.15) is 0 Å². The van der Waals surface area contributed by atoms with E-state index in [9.17, 15) is 0 Å². The summed E-state index contributed by atoms with van der Waals surface area (Å²) in [5, 5.41) is 7.79. The summed E-state index contributed by atoms with van der Waals surface area (Å²) in [5.74, 6) is 3.55. The molecule has 1 unspecified atom stereocenters. The molecule has 0 bridgehead atoms. The quantitative estimate of drug-likeness (QED) is 0.813. The van der Waals surface area contributed by atoms with Crippen LogP contribution in [0.15, 0.2) is 12.3 Å². The van der Waals surface area contributed by atoms with Crippen LogP contribution < -0.4 is 5.32 Å². The molecule has 1 fully saturated rings. The number of aromatic nitrogens is 2. The molecule has 1 saturated heterocycles. The fraction of sp³-hybridized carbons (Fsp3) is 0.700.